The van der Waals surface area contributed by atoms with E-state index < -0.39 is 17.0 Å². The van der Waals surface area contributed by atoms with Crippen LogP contribution >= 0.6 is 0 Å². The first-order valence-corrected chi connectivity index (χ1v) is 5.76. The van der Waals surface area contributed by atoms with Gasteiger partial charge in [-0.3, -0.25) is 4.18 Å². The molecule has 0 radical (unpaired) electrons. The topological polar surface area (TPSA) is 52.6 Å². The van der Waals surface area contributed by atoms with Gasteiger partial charge in [-0.05, 0) is 33.3 Å². The Morgan fingerprint density at radius 1 is 1.27 bits per heavy atom. The molecule has 0 aliphatic heterocycles. The Hall–Kier alpha value is -0.900. The fourth-order valence-electron chi connectivity index (χ4n) is 0.750. The molecular formula is C10H16O4S. The first kappa shape index (κ1) is 14.1. The fraction of sp³-hybridized carbons (Fsp3) is 0.600. The van der Waals surface area contributed by atoms with Crippen LogP contribution < -0.4 is 0 Å². The van der Waals surface area contributed by atoms with Gasteiger partial charge in [0.1, 0.15) is 0 Å². The summed E-state index contributed by atoms with van der Waals surface area (Å²) >= 11 is -1.80. The maximum atomic E-state index is 11.5. The van der Waals surface area contributed by atoms with Crippen molar-refractivity contribution in [1.82, 2.24) is 0 Å². The van der Waals surface area contributed by atoms with Gasteiger partial charge < -0.3 is 4.74 Å². The number of carbonyl (C=O) groups is 1. The molecule has 0 rings (SSSR count). The summed E-state index contributed by atoms with van der Waals surface area (Å²) < 4.78 is 21.0. The monoisotopic (exact) mass is 232 g/mol. The molecule has 15 heavy (non-hydrogen) atoms. The quantitative estimate of drug-likeness (QED) is 0.411. The van der Waals surface area contributed by atoms with Crippen molar-refractivity contribution < 1.29 is 17.9 Å². The Kier molecular flexibility index (Phi) is 6.96. The molecule has 0 aromatic carbocycles. The molecule has 0 saturated carbocycles. The van der Waals surface area contributed by atoms with Crippen molar-refractivity contribution in [3.8, 4) is 0 Å². The van der Waals surface area contributed by atoms with Gasteiger partial charge in [-0.25, -0.2) is 9.00 Å². The molecule has 0 aromatic rings. The SMILES string of the molecule is CCOC(=O)C(=C=C(C)C)S(=O)OCC. The third-order valence-electron chi connectivity index (χ3n) is 1.22. The molecule has 0 heterocycles. The Morgan fingerprint density at radius 2 is 1.87 bits per heavy atom. The lowest BCUT2D eigenvalue weighted by atomic mass is 10.4. The minimum Gasteiger partial charge on any atom is -0.461 e. The average molecular weight is 232 g/mol. The highest BCUT2D eigenvalue weighted by molar-refractivity contribution is 7.85. The van der Waals surface area contributed by atoms with Crippen LogP contribution in [0.4, 0.5) is 0 Å². The zero-order valence-corrected chi connectivity index (χ0v) is 10.3. The van der Waals surface area contributed by atoms with Crippen molar-refractivity contribution >= 4 is 17.0 Å². The van der Waals surface area contributed by atoms with E-state index in [1.54, 1.807) is 27.7 Å². The molecule has 0 aliphatic rings. The second kappa shape index (κ2) is 7.40. The molecule has 0 aliphatic carbocycles. The van der Waals surface area contributed by atoms with Gasteiger partial charge >= 0.3 is 5.97 Å². The van der Waals surface area contributed by atoms with Crippen LogP contribution in [0.25, 0.3) is 0 Å². The third kappa shape index (κ3) is 5.52. The van der Waals surface area contributed by atoms with Gasteiger partial charge in [-0.1, -0.05) is 5.73 Å². The molecule has 5 heteroatoms. The molecule has 1 unspecified atom stereocenters. The van der Waals surface area contributed by atoms with Gasteiger partial charge in [0.25, 0.3) is 0 Å². The summed E-state index contributed by atoms with van der Waals surface area (Å²) in [6.45, 7) is 7.38. The molecule has 0 amide bonds. The van der Waals surface area contributed by atoms with Crippen molar-refractivity contribution in [2.24, 2.45) is 0 Å². The molecule has 0 saturated heterocycles. The van der Waals surface area contributed by atoms with Gasteiger partial charge in [-0.15, -0.1) is 0 Å². The normalized spacial score (nSPS) is 11.5. The fourth-order valence-corrected chi connectivity index (χ4v) is 1.56. The largest absolute Gasteiger partial charge is 0.461 e. The summed E-state index contributed by atoms with van der Waals surface area (Å²) in [7, 11) is 0. The Labute approximate surface area is 92.6 Å². The van der Waals surface area contributed by atoms with E-state index in [2.05, 4.69) is 5.73 Å². The number of rotatable bonds is 5. The summed E-state index contributed by atoms with van der Waals surface area (Å²) in [5.41, 5.74) is 3.42. The molecule has 0 spiro atoms. The molecular weight excluding hydrogens is 216 g/mol. The number of esters is 1. The molecule has 0 fully saturated rings. The summed E-state index contributed by atoms with van der Waals surface area (Å²) in [6, 6.07) is 0. The van der Waals surface area contributed by atoms with Crippen molar-refractivity contribution in [2.75, 3.05) is 13.2 Å². The summed E-state index contributed by atoms with van der Waals surface area (Å²) in [5.74, 6) is -0.648. The number of carbonyl (C=O) groups excluding carboxylic acids is 1. The minimum atomic E-state index is -1.80. The second-order valence-electron chi connectivity index (χ2n) is 2.82. The Bertz CT molecular complexity index is 289. The average Bonchev–Trinajstić information content (AvgIpc) is 2.14. The van der Waals surface area contributed by atoms with Crippen LogP contribution in [0.3, 0.4) is 0 Å². The van der Waals surface area contributed by atoms with E-state index in [4.69, 9.17) is 8.92 Å². The smallest absolute Gasteiger partial charge is 0.357 e. The van der Waals surface area contributed by atoms with Gasteiger partial charge in [0, 0.05) is 0 Å². The van der Waals surface area contributed by atoms with Crippen LogP contribution in [0.15, 0.2) is 16.2 Å². The predicted molar refractivity (Wildman–Crippen MR) is 58.3 cm³/mol. The molecule has 0 aromatic heterocycles. The molecule has 1 atom stereocenters. The van der Waals surface area contributed by atoms with Crippen molar-refractivity contribution in [1.29, 1.82) is 0 Å². The van der Waals surface area contributed by atoms with Gasteiger partial charge in [0.15, 0.2) is 4.91 Å². The number of ether oxygens (including phenoxy) is 1. The van der Waals surface area contributed by atoms with Crippen LogP contribution in [0.2, 0.25) is 0 Å². The van der Waals surface area contributed by atoms with E-state index in [-0.39, 0.29) is 18.1 Å². The second-order valence-corrected chi connectivity index (χ2v) is 3.93. The predicted octanol–water partition coefficient (Wildman–Crippen LogP) is 1.70. The molecule has 4 nitrogen and oxygen atoms in total. The van der Waals surface area contributed by atoms with Crippen molar-refractivity contribution in [3.05, 3.63) is 16.2 Å². The highest BCUT2D eigenvalue weighted by atomic mass is 32.2. The maximum Gasteiger partial charge on any atom is 0.357 e. The summed E-state index contributed by atoms with van der Waals surface area (Å²) in [4.78, 5) is 11.3. The van der Waals surface area contributed by atoms with Crippen LogP contribution in [0.1, 0.15) is 27.7 Å². The Morgan fingerprint density at radius 3 is 2.27 bits per heavy atom. The lowest BCUT2D eigenvalue weighted by Crippen LogP contribution is -2.13. The number of hydrogen-bond acceptors (Lipinski definition) is 4. The third-order valence-corrected chi connectivity index (χ3v) is 2.27. The zero-order chi connectivity index (χ0) is 11.8. The number of hydrogen-bond donors (Lipinski definition) is 0. The minimum absolute atomic E-state index is 0.0706. The first-order valence-electron chi connectivity index (χ1n) is 4.69. The van der Waals surface area contributed by atoms with Crippen LogP contribution in [0, 0.1) is 0 Å². The van der Waals surface area contributed by atoms with Crippen molar-refractivity contribution in [2.45, 2.75) is 27.7 Å². The van der Waals surface area contributed by atoms with Gasteiger partial charge in [0.2, 0.25) is 11.1 Å². The van der Waals surface area contributed by atoms with E-state index >= 15 is 0 Å². The van der Waals surface area contributed by atoms with Crippen molar-refractivity contribution in [3.63, 3.8) is 0 Å². The Balaban J connectivity index is 5.00. The summed E-state index contributed by atoms with van der Waals surface area (Å²) in [6.07, 6.45) is 0. The first-order chi connectivity index (χ1) is 7.02. The van der Waals surface area contributed by atoms with E-state index in [0.29, 0.717) is 0 Å². The molecule has 0 N–H and O–H groups in total. The zero-order valence-electron chi connectivity index (χ0n) is 9.46. The molecule has 0 bridgehead atoms. The lowest BCUT2D eigenvalue weighted by molar-refractivity contribution is -0.137. The summed E-state index contributed by atoms with van der Waals surface area (Å²) in [5, 5.41) is 0. The van der Waals surface area contributed by atoms with E-state index in [9.17, 15) is 9.00 Å². The van der Waals surface area contributed by atoms with E-state index in [1.165, 1.54) is 0 Å². The highest BCUT2D eigenvalue weighted by Gasteiger charge is 2.18. The van der Waals surface area contributed by atoms with Gasteiger partial charge in [0.05, 0.1) is 13.2 Å². The highest BCUT2D eigenvalue weighted by Crippen LogP contribution is 2.06. The standard InChI is InChI=1S/C10H16O4S/c1-5-13-10(11)9(7-8(3)4)15(12)14-6-2/h5-6H2,1-4H3. The van der Waals surface area contributed by atoms with Crippen LogP contribution in [-0.2, 0) is 24.8 Å². The van der Waals surface area contributed by atoms with Gasteiger partial charge in [-0.2, -0.15) is 0 Å². The molecule has 86 valence electrons. The van der Waals surface area contributed by atoms with Crippen LogP contribution in [-0.4, -0.2) is 23.4 Å². The van der Waals surface area contributed by atoms with E-state index in [0.717, 1.165) is 5.57 Å². The van der Waals surface area contributed by atoms with E-state index in [1.807, 2.05) is 0 Å². The van der Waals surface area contributed by atoms with Crippen LogP contribution in [0.5, 0.6) is 0 Å². The lowest BCUT2D eigenvalue weighted by Gasteiger charge is -2.03. The maximum absolute atomic E-state index is 11.5.